The van der Waals surface area contributed by atoms with Crippen molar-refractivity contribution in [3.63, 3.8) is 0 Å². The third-order valence-electron chi connectivity index (χ3n) is 2.99. The van der Waals surface area contributed by atoms with Crippen LogP contribution in [0.5, 0.6) is 0 Å². The normalized spacial score (nSPS) is 13.2. The minimum absolute atomic E-state index is 0.207. The van der Waals surface area contributed by atoms with E-state index in [1.807, 2.05) is 0 Å². The molecular formula is C14H19ClN2O2S. The summed E-state index contributed by atoms with van der Waals surface area (Å²) in [5.41, 5.74) is 1.01. The van der Waals surface area contributed by atoms with Gasteiger partial charge in [-0.05, 0) is 31.0 Å². The van der Waals surface area contributed by atoms with Crippen LogP contribution in [0.2, 0.25) is 0 Å². The van der Waals surface area contributed by atoms with Gasteiger partial charge in [0.05, 0.1) is 16.9 Å². The molecule has 1 unspecified atom stereocenters. The Morgan fingerprint density at radius 1 is 1.35 bits per heavy atom. The summed E-state index contributed by atoms with van der Waals surface area (Å²) < 4.78 is 26.3. The quantitative estimate of drug-likeness (QED) is 0.727. The van der Waals surface area contributed by atoms with Gasteiger partial charge in [-0.3, -0.25) is 0 Å². The first-order chi connectivity index (χ1) is 9.45. The molecule has 0 saturated heterocycles. The van der Waals surface area contributed by atoms with Crippen molar-refractivity contribution in [3.05, 3.63) is 29.8 Å². The number of rotatable bonds is 7. The second kappa shape index (κ2) is 7.63. The Labute approximate surface area is 126 Å². The zero-order chi connectivity index (χ0) is 15.2. The maximum Gasteiger partial charge on any atom is 0.243 e. The number of hydrogen-bond acceptors (Lipinski definition) is 3. The van der Waals surface area contributed by atoms with Gasteiger partial charge in [-0.25, -0.2) is 8.42 Å². The summed E-state index contributed by atoms with van der Waals surface area (Å²) in [6.45, 7) is 4.03. The van der Waals surface area contributed by atoms with E-state index in [0.717, 1.165) is 5.56 Å². The molecule has 1 aromatic carbocycles. The number of nitrogens with zero attached hydrogens (tertiary/aromatic N) is 2. The molecule has 0 aliphatic heterocycles. The van der Waals surface area contributed by atoms with Crippen LogP contribution in [0.3, 0.4) is 0 Å². The van der Waals surface area contributed by atoms with Gasteiger partial charge >= 0.3 is 0 Å². The first-order valence-electron chi connectivity index (χ1n) is 6.50. The van der Waals surface area contributed by atoms with Crippen molar-refractivity contribution in [1.82, 2.24) is 4.31 Å². The Bertz CT molecular complexity index is 564. The number of hydrogen-bond donors (Lipinski definition) is 0. The summed E-state index contributed by atoms with van der Waals surface area (Å²) in [6.07, 6.45) is 0.713. The van der Waals surface area contributed by atoms with Gasteiger partial charge in [0.25, 0.3) is 0 Å². The molecule has 110 valence electrons. The van der Waals surface area contributed by atoms with E-state index >= 15 is 0 Å². The van der Waals surface area contributed by atoms with Crippen molar-refractivity contribution < 1.29 is 8.42 Å². The standard InChI is InChI=1S/C14H19ClN2O2S/c1-3-17(11-12(2)10-16)20(18,19)14-6-4-13(5-7-14)8-9-15/h4-7,12H,3,8-9,11H2,1-2H3. The maximum absolute atomic E-state index is 12.5. The van der Waals surface area contributed by atoms with Crippen LogP contribution in [0.1, 0.15) is 19.4 Å². The van der Waals surface area contributed by atoms with E-state index < -0.39 is 10.0 Å². The van der Waals surface area contributed by atoms with Gasteiger partial charge in [0, 0.05) is 19.0 Å². The van der Waals surface area contributed by atoms with E-state index in [2.05, 4.69) is 6.07 Å². The Hall–Kier alpha value is -1.09. The van der Waals surface area contributed by atoms with E-state index in [9.17, 15) is 8.42 Å². The molecule has 6 heteroatoms. The lowest BCUT2D eigenvalue weighted by Gasteiger charge is -2.21. The molecule has 20 heavy (non-hydrogen) atoms. The van der Waals surface area contributed by atoms with Gasteiger partial charge in [0.2, 0.25) is 10.0 Å². The van der Waals surface area contributed by atoms with Gasteiger partial charge in [-0.1, -0.05) is 19.1 Å². The predicted molar refractivity (Wildman–Crippen MR) is 80.1 cm³/mol. The van der Waals surface area contributed by atoms with Crippen LogP contribution >= 0.6 is 11.6 Å². The number of halogens is 1. The van der Waals surface area contributed by atoms with Gasteiger partial charge in [-0.2, -0.15) is 9.57 Å². The van der Waals surface area contributed by atoms with Crippen LogP contribution in [0.4, 0.5) is 0 Å². The van der Waals surface area contributed by atoms with Crippen LogP contribution < -0.4 is 0 Å². The second-order valence-electron chi connectivity index (χ2n) is 4.57. The van der Waals surface area contributed by atoms with Crippen LogP contribution in [-0.2, 0) is 16.4 Å². The van der Waals surface area contributed by atoms with Crippen molar-refractivity contribution >= 4 is 21.6 Å². The van der Waals surface area contributed by atoms with Crippen molar-refractivity contribution in [2.45, 2.75) is 25.2 Å². The van der Waals surface area contributed by atoms with Crippen LogP contribution in [0.25, 0.3) is 0 Å². The summed E-state index contributed by atoms with van der Waals surface area (Å²) >= 11 is 5.65. The smallest absolute Gasteiger partial charge is 0.207 e. The molecule has 0 saturated carbocycles. The minimum Gasteiger partial charge on any atom is -0.207 e. The van der Waals surface area contributed by atoms with E-state index in [1.165, 1.54) is 4.31 Å². The monoisotopic (exact) mass is 314 g/mol. The molecule has 0 aromatic heterocycles. The molecule has 0 aliphatic rings. The molecule has 0 bridgehead atoms. The zero-order valence-corrected chi connectivity index (χ0v) is 13.3. The van der Waals surface area contributed by atoms with Crippen molar-refractivity contribution in [2.24, 2.45) is 5.92 Å². The summed E-state index contributed by atoms with van der Waals surface area (Å²) in [5, 5.41) is 8.83. The number of alkyl halides is 1. The third-order valence-corrected chi connectivity index (χ3v) is 5.14. The number of aryl methyl sites for hydroxylation is 1. The Morgan fingerprint density at radius 3 is 2.40 bits per heavy atom. The van der Waals surface area contributed by atoms with E-state index in [1.54, 1.807) is 38.1 Å². The molecule has 0 amide bonds. The molecule has 0 heterocycles. The third kappa shape index (κ3) is 4.20. The number of nitriles is 1. The van der Waals surface area contributed by atoms with Crippen LogP contribution in [0, 0.1) is 17.2 Å². The molecular weight excluding hydrogens is 296 g/mol. The summed E-state index contributed by atoms with van der Waals surface area (Å²) in [5.74, 6) is 0.174. The van der Waals surface area contributed by atoms with E-state index in [-0.39, 0.29) is 17.4 Å². The largest absolute Gasteiger partial charge is 0.243 e. The highest BCUT2D eigenvalue weighted by atomic mass is 35.5. The molecule has 0 spiro atoms. The van der Waals surface area contributed by atoms with Crippen LogP contribution in [0.15, 0.2) is 29.2 Å². The second-order valence-corrected chi connectivity index (χ2v) is 6.88. The molecule has 1 rings (SSSR count). The fraction of sp³-hybridized carbons (Fsp3) is 0.500. The van der Waals surface area contributed by atoms with Crippen molar-refractivity contribution in [2.75, 3.05) is 19.0 Å². The Balaban J connectivity index is 2.99. The Morgan fingerprint density at radius 2 is 1.95 bits per heavy atom. The van der Waals surface area contributed by atoms with Crippen molar-refractivity contribution in [3.8, 4) is 6.07 Å². The summed E-state index contributed by atoms with van der Waals surface area (Å²) in [4.78, 5) is 0.253. The molecule has 0 N–H and O–H groups in total. The Kier molecular flexibility index (Phi) is 6.47. The van der Waals surface area contributed by atoms with Gasteiger partial charge in [0.1, 0.15) is 0 Å². The molecule has 4 nitrogen and oxygen atoms in total. The summed E-state index contributed by atoms with van der Waals surface area (Å²) in [6, 6.07) is 8.80. The maximum atomic E-state index is 12.5. The lowest BCUT2D eigenvalue weighted by atomic mass is 10.2. The lowest BCUT2D eigenvalue weighted by molar-refractivity contribution is 0.400. The first kappa shape index (κ1) is 17.0. The molecule has 0 radical (unpaired) electrons. The SMILES string of the molecule is CCN(CC(C)C#N)S(=O)(=O)c1ccc(CCCl)cc1. The van der Waals surface area contributed by atoms with Gasteiger partial charge in [-0.15, -0.1) is 11.6 Å². The highest BCUT2D eigenvalue weighted by molar-refractivity contribution is 7.89. The predicted octanol–water partition coefficient (Wildman–Crippen LogP) is 2.64. The molecule has 1 atom stereocenters. The van der Waals surface area contributed by atoms with Crippen LogP contribution in [-0.4, -0.2) is 31.7 Å². The molecule has 0 aliphatic carbocycles. The average molecular weight is 315 g/mol. The number of benzene rings is 1. The first-order valence-corrected chi connectivity index (χ1v) is 8.47. The van der Waals surface area contributed by atoms with Gasteiger partial charge in [0.15, 0.2) is 0 Å². The molecule has 0 fully saturated rings. The zero-order valence-electron chi connectivity index (χ0n) is 11.7. The fourth-order valence-corrected chi connectivity index (χ4v) is 3.59. The molecule has 1 aromatic rings. The summed E-state index contributed by atoms with van der Waals surface area (Å²) in [7, 11) is -3.54. The highest BCUT2D eigenvalue weighted by Gasteiger charge is 2.24. The average Bonchev–Trinajstić information content (AvgIpc) is 2.45. The highest BCUT2D eigenvalue weighted by Crippen LogP contribution is 2.18. The lowest BCUT2D eigenvalue weighted by Crippen LogP contribution is -2.34. The number of sulfonamides is 1. The minimum atomic E-state index is -3.54. The fourth-order valence-electron chi connectivity index (χ4n) is 1.83. The van der Waals surface area contributed by atoms with E-state index in [4.69, 9.17) is 16.9 Å². The topological polar surface area (TPSA) is 61.2 Å². The van der Waals surface area contributed by atoms with Gasteiger partial charge < -0.3 is 0 Å². The van der Waals surface area contributed by atoms with E-state index in [0.29, 0.717) is 18.8 Å². The van der Waals surface area contributed by atoms with Crippen molar-refractivity contribution in [1.29, 1.82) is 5.26 Å².